The van der Waals surface area contributed by atoms with Gasteiger partial charge < -0.3 is 15.4 Å². The molecule has 7 heteroatoms. The van der Waals surface area contributed by atoms with Crippen LogP contribution >= 0.6 is 23.2 Å². The van der Waals surface area contributed by atoms with E-state index in [9.17, 15) is 4.79 Å². The van der Waals surface area contributed by atoms with Crippen molar-refractivity contribution in [1.82, 2.24) is 10.6 Å². The molecule has 1 saturated heterocycles. The maximum atomic E-state index is 12.5. The van der Waals surface area contributed by atoms with Crippen molar-refractivity contribution in [1.29, 1.82) is 5.26 Å². The lowest BCUT2D eigenvalue weighted by Gasteiger charge is -2.25. The van der Waals surface area contributed by atoms with Crippen LogP contribution in [-0.4, -0.2) is 32.1 Å². The molecule has 0 aliphatic carbocycles. The Morgan fingerprint density at radius 1 is 1.26 bits per heavy atom. The summed E-state index contributed by atoms with van der Waals surface area (Å²) in [5, 5.41) is 16.2. The lowest BCUT2D eigenvalue weighted by molar-refractivity contribution is 0.0306. The number of nitrogens with zero attached hydrogens (tertiary/aromatic N) is 1. The largest absolute Gasteiger partial charge is 0.372 e. The molecule has 1 aliphatic heterocycles. The molecule has 140 valence electrons. The van der Waals surface area contributed by atoms with Gasteiger partial charge in [-0.15, -0.1) is 0 Å². The summed E-state index contributed by atoms with van der Waals surface area (Å²) in [7, 11) is 0. The molecule has 1 aliphatic rings. The van der Waals surface area contributed by atoms with Crippen molar-refractivity contribution >= 4 is 29.1 Å². The SMILES string of the molecule is N#Cc1cccc(C(=O)NCC2CNCCOC2c2ccc(Cl)c(Cl)c2)c1. The summed E-state index contributed by atoms with van der Waals surface area (Å²) in [4.78, 5) is 12.5. The summed E-state index contributed by atoms with van der Waals surface area (Å²) >= 11 is 12.2. The van der Waals surface area contributed by atoms with Crippen LogP contribution in [0.2, 0.25) is 10.0 Å². The van der Waals surface area contributed by atoms with Crippen LogP contribution in [0, 0.1) is 17.2 Å². The monoisotopic (exact) mass is 403 g/mol. The summed E-state index contributed by atoms with van der Waals surface area (Å²) in [6.07, 6.45) is -0.208. The number of rotatable bonds is 4. The van der Waals surface area contributed by atoms with Gasteiger partial charge in [0.25, 0.3) is 5.91 Å². The second kappa shape index (κ2) is 9.20. The number of carbonyl (C=O) groups is 1. The summed E-state index contributed by atoms with van der Waals surface area (Å²) in [5.74, 6) is -0.197. The molecule has 0 saturated carbocycles. The fraction of sp³-hybridized carbons (Fsp3) is 0.300. The van der Waals surface area contributed by atoms with Crippen molar-refractivity contribution in [3.05, 3.63) is 69.2 Å². The zero-order valence-electron chi connectivity index (χ0n) is 14.5. The van der Waals surface area contributed by atoms with Crippen LogP contribution in [0.1, 0.15) is 27.6 Å². The highest BCUT2D eigenvalue weighted by Crippen LogP contribution is 2.31. The van der Waals surface area contributed by atoms with E-state index in [0.717, 1.165) is 12.1 Å². The normalized spacial score (nSPS) is 19.7. The number of ether oxygens (including phenoxy) is 1. The van der Waals surface area contributed by atoms with Crippen molar-refractivity contribution in [3.63, 3.8) is 0 Å². The quantitative estimate of drug-likeness (QED) is 0.817. The number of amides is 1. The van der Waals surface area contributed by atoms with Crippen LogP contribution in [0.5, 0.6) is 0 Å². The molecule has 5 nitrogen and oxygen atoms in total. The van der Waals surface area contributed by atoms with Gasteiger partial charge in [-0.25, -0.2) is 0 Å². The molecule has 0 radical (unpaired) electrons. The minimum Gasteiger partial charge on any atom is -0.372 e. The highest BCUT2D eigenvalue weighted by atomic mass is 35.5. The van der Waals surface area contributed by atoms with E-state index in [1.54, 1.807) is 30.3 Å². The van der Waals surface area contributed by atoms with E-state index < -0.39 is 0 Å². The summed E-state index contributed by atoms with van der Waals surface area (Å²) in [6.45, 7) is 2.43. The number of halogens is 2. The maximum absolute atomic E-state index is 12.5. The van der Waals surface area contributed by atoms with Crippen molar-refractivity contribution < 1.29 is 9.53 Å². The predicted octanol–water partition coefficient (Wildman–Crippen LogP) is 3.57. The van der Waals surface area contributed by atoms with Crippen LogP contribution in [-0.2, 0) is 4.74 Å². The van der Waals surface area contributed by atoms with E-state index in [1.165, 1.54) is 0 Å². The Balaban J connectivity index is 1.73. The molecule has 0 spiro atoms. The van der Waals surface area contributed by atoms with E-state index >= 15 is 0 Å². The van der Waals surface area contributed by atoms with Crippen molar-refractivity contribution in [2.24, 2.45) is 5.92 Å². The lowest BCUT2D eigenvalue weighted by Crippen LogP contribution is -2.36. The fourth-order valence-electron chi connectivity index (χ4n) is 3.08. The number of hydrogen-bond donors (Lipinski definition) is 2. The Kier molecular flexibility index (Phi) is 6.70. The van der Waals surface area contributed by atoms with Crippen molar-refractivity contribution in [3.8, 4) is 6.07 Å². The van der Waals surface area contributed by atoms with Crippen LogP contribution in [0.15, 0.2) is 42.5 Å². The maximum Gasteiger partial charge on any atom is 0.251 e. The molecule has 2 aromatic carbocycles. The van der Waals surface area contributed by atoms with Gasteiger partial charge in [-0.3, -0.25) is 4.79 Å². The van der Waals surface area contributed by atoms with Gasteiger partial charge in [-0.05, 0) is 35.9 Å². The smallest absolute Gasteiger partial charge is 0.251 e. The molecule has 2 N–H and O–H groups in total. The number of hydrogen-bond acceptors (Lipinski definition) is 4. The Bertz CT molecular complexity index is 867. The third-order valence-corrected chi connectivity index (χ3v) is 5.20. The topological polar surface area (TPSA) is 74.2 Å². The first-order valence-electron chi connectivity index (χ1n) is 8.64. The molecule has 1 amide bonds. The standard InChI is InChI=1S/C20H19Cl2N3O2/c21-17-5-4-14(9-18(17)22)19-16(11-24-6-7-27-19)12-25-20(26)15-3-1-2-13(8-15)10-23/h1-5,8-9,16,19,24H,6-7,11-12H2,(H,25,26). The number of nitrogens with one attached hydrogen (secondary N) is 2. The van der Waals surface area contributed by atoms with Crippen LogP contribution in [0.3, 0.4) is 0 Å². The van der Waals surface area contributed by atoms with E-state index in [-0.39, 0.29) is 17.9 Å². The lowest BCUT2D eigenvalue weighted by atomic mass is 9.95. The molecule has 2 aromatic rings. The van der Waals surface area contributed by atoms with E-state index in [4.69, 9.17) is 33.2 Å². The van der Waals surface area contributed by atoms with Gasteiger partial charge >= 0.3 is 0 Å². The number of benzene rings is 2. The second-order valence-electron chi connectivity index (χ2n) is 6.33. The first kappa shape index (κ1) is 19.7. The van der Waals surface area contributed by atoms with Gasteiger partial charge in [0.1, 0.15) is 0 Å². The highest BCUT2D eigenvalue weighted by Gasteiger charge is 2.27. The molecular weight excluding hydrogens is 385 g/mol. The molecule has 1 fully saturated rings. The van der Waals surface area contributed by atoms with Gasteiger partial charge in [0.2, 0.25) is 0 Å². The average Bonchev–Trinajstić information content (AvgIpc) is 2.93. The van der Waals surface area contributed by atoms with E-state index in [2.05, 4.69) is 10.6 Å². The molecule has 3 rings (SSSR count). The van der Waals surface area contributed by atoms with Crippen LogP contribution in [0.25, 0.3) is 0 Å². The fourth-order valence-corrected chi connectivity index (χ4v) is 3.39. The van der Waals surface area contributed by atoms with Crippen molar-refractivity contribution in [2.75, 3.05) is 26.2 Å². The third-order valence-electron chi connectivity index (χ3n) is 4.46. The zero-order chi connectivity index (χ0) is 19.2. The number of nitriles is 1. The molecule has 0 aromatic heterocycles. The van der Waals surface area contributed by atoms with Gasteiger partial charge in [-0.2, -0.15) is 5.26 Å². The van der Waals surface area contributed by atoms with Gasteiger partial charge in [0.15, 0.2) is 0 Å². The Hall–Kier alpha value is -2.10. The average molecular weight is 404 g/mol. The van der Waals surface area contributed by atoms with Gasteiger partial charge in [-0.1, -0.05) is 35.3 Å². The first-order valence-corrected chi connectivity index (χ1v) is 9.39. The Morgan fingerprint density at radius 2 is 2.11 bits per heavy atom. The van der Waals surface area contributed by atoms with Gasteiger partial charge in [0.05, 0.1) is 34.4 Å². The van der Waals surface area contributed by atoms with E-state index in [1.807, 2.05) is 18.2 Å². The van der Waals surface area contributed by atoms with Crippen molar-refractivity contribution in [2.45, 2.75) is 6.10 Å². The van der Waals surface area contributed by atoms with Gasteiger partial charge in [0, 0.05) is 31.1 Å². The zero-order valence-corrected chi connectivity index (χ0v) is 16.1. The minimum absolute atomic E-state index is 0.0211. The predicted molar refractivity (Wildman–Crippen MR) is 105 cm³/mol. The van der Waals surface area contributed by atoms with Crippen LogP contribution in [0.4, 0.5) is 0 Å². The number of carbonyl (C=O) groups excluding carboxylic acids is 1. The second-order valence-corrected chi connectivity index (χ2v) is 7.15. The summed E-state index contributed by atoms with van der Waals surface area (Å²) in [6, 6.07) is 14.1. The minimum atomic E-state index is -0.218. The van der Waals surface area contributed by atoms with E-state index in [0.29, 0.717) is 40.9 Å². The van der Waals surface area contributed by atoms with Crippen LogP contribution < -0.4 is 10.6 Å². The summed E-state index contributed by atoms with van der Waals surface area (Å²) < 4.78 is 6.01. The molecule has 27 heavy (non-hydrogen) atoms. The molecule has 2 unspecified atom stereocenters. The first-order chi connectivity index (χ1) is 13.1. The summed E-state index contributed by atoms with van der Waals surface area (Å²) in [5.41, 5.74) is 1.84. The molecule has 2 atom stereocenters. The Morgan fingerprint density at radius 3 is 2.89 bits per heavy atom. The highest BCUT2D eigenvalue weighted by molar-refractivity contribution is 6.42. The Labute approximate surface area is 168 Å². The third kappa shape index (κ3) is 5.00. The molecular formula is C20H19Cl2N3O2. The molecule has 1 heterocycles. The molecule has 0 bridgehead atoms.